The minimum absolute atomic E-state index is 0.126. The van der Waals surface area contributed by atoms with Crippen molar-refractivity contribution in [1.29, 1.82) is 0 Å². The van der Waals surface area contributed by atoms with E-state index in [1.807, 2.05) is 6.08 Å². The standard InChI is InChI=1S/C15H19ClN2OS/c1-3-10(2)14-15(18(14)9-17)20-8-13(19)11-4-6-12(16)7-5-11/h3-7,10,14-15H,1,8-9,17H2,2H3. The van der Waals surface area contributed by atoms with E-state index in [0.29, 0.717) is 40.3 Å². The second-order valence-corrected chi connectivity index (χ2v) is 6.46. The van der Waals surface area contributed by atoms with Gasteiger partial charge in [0.2, 0.25) is 0 Å². The molecule has 0 spiro atoms. The molecule has 0 bridgehead atoms. The van der Waals surface area contributed by atoms with Crippen LogP contribution < -0.4 is 5.73 Å². The lowest BCUT2D eigenvalue weighted by atomic mass is 10.1. The molecule has 1 aliphatic rings. The van der Waals surface area contributed by atoms with Crippen LogP contribution in [0.15, 0.2) is 36.9 Å². The molecule has 4 unspecified atom stereocenters. The zero-order chi connectivity index (χ0) is 14.7. The maximum atomic E-state index is 12.1. The highest BCUT2D eigenvalue weighted by Gasteiger charge is 2.49. The van der Waals surface area contributed by atoms with Gasteiger partial charge < -0.3 is 5.73 Å². The van der Waals surface area contributed by atoms with E-state index < -0.39 is 0 Å². The molecule has 1 aromatic rings. The number of carbonyl (C=O) groups excluding carboxylic acids is 1. The summed E-state index contributed by atoms with van der Waals surface area (Å²) in [7, 11) is 0. The van der Waals surface area contributed by atoms with Crippen molar-refractivity contribution in [2.24, 2.45) is 11.7 Å². The summed E-state index contributed by atoms with van der Waals surface area (Å²) < 4.78 is 0. The van der Waals surface area contributed by atoms with Gasteiger partial charge in [-0.1, -0.05) is 24.6 Å². The predicted molar refractivity (Wildman–Crippen MR) is 86.1 cm³/mol. The number of ketones is 1. The van der Waals surface area contributed by atoms with E-state index in [1.165, 1.54) is 0 Å². The molecule has 2 rings (SSSR count). The molecule has 3 nitrogen and oxygen atoms in total. The number of hydrogen-bond acceptors (Lipinski definition) is 4. The molecule has 108 valence electrons. The van der Waals surface area contributed by atoms with Crippen molar-refractivity contribution in [3.63, 3.8) is 0 Å². The van der Waals surface area contributed by atoms with Crippen molar-refractivity contribution in [2.45, 2.75) is 18.3 Å². The number of halogens is 1. The second kappa shape index (κ2) is 6.76. The van der Waals surface area contributed by atoms with E-state index in [1.54, 1.807) is 36.0 Å². The van der Waals surface area contributed by atoms with Crippen molar-refractivity contribution in [3.8, 4) is 0 Å². The van der Waals surface area contributed by atoms with E-state index in [2.05, 4.69) is 18.4 Å². The van der Waals surface area contributed by atoms with Gasteiger partial charge >= 0.3 is 0 Å². The van der Waals surface area contributed by atoms with Gasteiger partial charge in [-0.3, -0.25) is 9.69 Å². The Labute approximate surface area is 129 Å². The minimum atomic E-state index is 0.126. The molecule has 1 fully saturated rings. The fourth-order valence-corrected chi connectivity index (χ4v) is 3.84. The van der Waals surface area contributed by atoms with E-state index >= 15 is 0 Å². The van der Waals surface area contributed by atoms with Gasteiger partial charge in [-0.15, -0.1) is 18.3 Å². The van der Waals surface area contributed by atoms with Crippen LogP contribution in [0.2, 0.25) is 5.02 Å². The first-order valence-electron chi connectivity index (χ1n) is 6.57. The Bertz CT molecular complexity index is 491. The number of carbonyl (C=O) groups is 1. The van der Waals surface area contributed by atoms with Crippen LogP contribution in [0.4, 0.5) is 0 Å². The lowest BCUT2D eigenvalue weighted by Crippen LogP contribution is -2.15. The van der Waals surface area contributed by atoms with Gasteiger partial charge in [0.1, 0.15) is 0 Å². The number of nitrogens with zero attached hydrogens (tertiary/aromatic N) is 1. The number of rotatable bonds is 7. The molecule has 4 atom stereocenters. The average molecular weight is 311 g/mol. The summed E-state index contributed by atoms with van der Waals surface area (Å²) in [5.74, 6) is 0.977. The van der Waals surface area contributed by atoms with Crippen molar-refractivity contribution < 1.29 is 4.79 Å². The predicted octanol–water partition coefficient (Wildman–Crippen LogP) is 3.00. The third-order valence-corrected chi connectivity index (χ3v) is 5.16. The zero-order valence-corrected chi connectivity index (χ0v) is 13.0. The van der Waals surface area contributed by atoms with Gasteiger partial charge in [-0.25, -0.2) is 0 Å². The number of benzene rings is 1. The Balaban J connectivity index is 1.88. The van der Waals surface area contributed by atoms with E-state index in [-0.39, 0.29) is 5.78 Å². The zero-order valence-electron chi connectivity index (χ0n) is 11.5. The molecule has 1 aliphatic heterocycles. The van der Waals surface area contributed by atoms with Crippen molar-refractivity contribution in [2.75, 3.05) is 12.4 Å². The molecular formula is C15H19ClN2OS. The van der Waals surface area contributed by atoms with Crippen LogP contribution in [0.1, 0.15) is 17.3 Å². The van der Waals surface area contributed by atoms with E-state index in [9.17, 15) is 4.79 Å². The van der Waals surface area contributed by atoms with Gasteiger partial charge in [-0.2, -0.15) is 0 Å². The number of nitrogens with two attached hydrogens (primary N) is 1. The topological polar surface area (TPSA) is 46.1 Å². The smallest absolute Gasteiger partial charge is 0.172 e. The lowest BCUT2D eigenvalue weighted by Gasteiger charge is -2.02. The summed E-state index contributed by atoms with van der Waals surface area (Å²) in [6, 6.07) is 7.42. The SMILES string of the molecule is C=CC(C)C1C(SCC(=O)c2ccc(Cl)cc2)N1CN. The number of hydrogen-bond donors (Lipinski definition) is 1. The van der Waals surface area contributed by atoms with Crippen molar-refractivity contribution >= 4 is 29.1 Å². The summed E-state index contributed by atoms with van der Waals surface area (Å²) in [4.78, 5) is 14.3. The van der Waals surface area contributed by atoms with Gasteiger partial charge in [0, 0.05) is 23.3 Å². The number of Topliss-reactive ketones (excluding diaryl/α,β-unsaturated/α-hetero) is 1. The summed E-state index contributed by atoms with van der Waals surface area (Å²) in [6.45, 7) is 6.47. The monoisotopic (exact) mass is 310 g/mol. The molecule has 0 aliphatic carbocycles. The molecule has 0 aromatic heterocycles. The summed E-state index contributed by atoms with van der Waals surface area (Å²) in [6.07, 6.45) is 1.94. The third kappa shape index (κ3) is 3.44. The molecule has 1 heterocycles. The highest BCUT2D eigenvalue weighted by atomic mass is 35.5. The maximum absolute atomic E-state index is 12.1. The quantitative estimate of drug-likeness (QED) is 0.478. The molecule has 0 amide bonds. The first-order valence-corrected chi connectivity index (χ1v) is 8.00. The Hall–Kier alpha value is -0.810. The first-order chi connectivity index (χ1) is 9.58. The largest absolute Gasteiger partial charge is 0.318 e. The normalized spacial score (nSPS) is 26.1. The van der Waals surface area contributed by atoms with Crippen molar-refractivity contribution in [3.05, 3.63) is 47.5 Å². The van der Waals surface area contributed by atoms with Gasteiger partial charge in [0.15, 0.2) is 5.78 Å². The van der Waals surface area contributed by atoms with E-state index in [4.69, 9.17) is 17.3 Å². The van der Waals surface area contributed by atoms with Gasteiger partial charge in [0.05, 0.1) is 11.1 Å². The highest BCUT2D eigenvalue weighted by Crippen LogP contribution is 2.41. The number of thioether (sulfide) groups is 1. The van der Waals surface area contributed by atoms with Crippen LogP contribution in [-0.4, -0.2) is 34.5 Å². The van der Waals surface area contributed by atoms with E-state index in [0.717, 1.165) is 0 Å². The molecule has 1 aromatic carbocycles. The van der Waals surface area contributed by atoms with Crippen LogP contribution in [-0.2, 0) is 0 Å². The molecular weight excluding hydrogens is 292 g/mol. The van der Waals surface area contributed by atoms with Crippen LogP contribution in [0.5, 0.6) is 0 Å². The molecule has 5 heteroatoms. The summed E-state index contributed by atoms with van der Waals surface area (Å²) in [5, 5.41) is 0.967. The van der Waals surface area contributed by atoms with Crippen LogP contribution in [0, 0.1) is 5.92 Å². The van der Waals surface area contributed by atoms with Crippen molar-refractivity contribution in [1.82, 2.24) is 4.90 Å². The molecule has 0 radical (unpaired) electrons. The van der Waals surface area contributed by atoms with Crippen LogP contribution >= 0.6 is 23.4 Å². The maximum Gasteiger partial charge on any atom is 0.172 e. The van der Waals surface area contributed by atoms with Gasteiger partial charge in [0.25, 0.3) is 0 Å². The third-order valence-electron chi connectivity index (χ3n) is 3.58. The fraction of sp³-hybridized carbons (Fsp3) is 0.400. The van der Waals surface area contributed by atoms with Gasteiger partial charge in [-0.05, 0) is 30.2 Å². The van der Waals surface area contributed by atoms with Crippen LogP contribution in [0.25, 0.3) is 0 Å². The molecule has 0 saturated carbocycles. The Morgan fingerprint density at radius 2 is 2.20 bits per heavy atom. The Kier molecular flexibility index (Phi) is 5.27. The first kappa shape index (κ1) is 15.6. The molecule has 1 saturated heterocycles. The summed E-state index contributed by atoms with van der Waals surface area (Å²) >= 11 is 7.46. The highest BCUT2D eigenvalue weighted by molar-refractivity contribution is 8.00. The Morgan fingerprint density at radius 1 is 1.55 bits per heavy atom. The minimum Gasteiger partial charge on any atom is -0.318 e. The van der Waals surface area contributed by atoms with Crippen LogP contribution in [0.3, 0.4) is 0 Å². The summed E-state index contributed by atoms with van der Waals surface area (Å²) in [5.41, 5.74) is 6.42. The molecule has 20 heavy (non-hydrogen) atoms. The second-order valence-electron chi connectivity index (χ2n) is 4.91. The molecule has 2 N–H and O–H groups in total. The fourth-order valence-electron chi connectivity index (χ4n) is 2.27. The lowest BCUT2D eigenvalue weighted by molar-refractivity contribution is 0.102. The Morgan fingerprint density at radius 3 is 2.75 bits per heavy atom. The average Bonchev–Trinajstić information content (AvgIpc) is 3.17.